The van der Waals surface area contributed by atoms with Gasteiger partial charge in [-0.05, 0) is 24.3 Å². The molecule has 6 rings (SSSR count). The Bertz CT molecular complexity index is 1610. The molecule has 194 valence electrons. The van der Waals surface area contributed by atoms with Crippen molar-refractivity contribution in [2.75, 3.05) is 24.5 Å². The number of imidazole rings is 1. The highest BCUT2D eigenvalue weighted by Gasteiger charge is 2.35. The van der Waals surface area contributed by atoms with Crippen molar-refractivity contribution in [2.45, 2.75) is 12.2 Å². The van der Waals surface area contributed by atoms with E-state index in [0.717, 1.165) is 17.8 Å². The van der Waals surface area contributed by atoms with Crippen LogP contribution in [0.3, 0.4) is 0 Å². The van der Waals surface area contributed by atoms with Gasteiger partial charge in [0.25, 0.3) is 5.91 Å². The second kappa shape index (κ2) is 8.97. The molecule has 38 heavy (non-hydrogen) atoms. The van der Waals surface area contributed by atoms with Crippen molar-refractivity contribution in [3.8, 4) is 11.5 Å². The van der Waals surface area contributed by atoms with Gasteiger partial charge in [0.2, 0.25) is 0 Å². The van der Waals surface area contributed by atoms with Crippen molar-refractivity contribution in [1.82, 2.24) is 44.2 Å². The second-order valence-corrected chi connectivity index (χ2v) is 8.86. The fraction of sp³-hybridized carbons (Fsp3) is 0.250. The average Bonchev–Trinajstić information content (AvgIpc) is 3.68. The number of aromatic nitrogens is 8. The summed E-state index contributed by atoms with van der Waals surface area (Å²) in [5.41, 5.74) is 1.20. The number of pyridine rings is 1. The normalized spacial score (nSPS) is 16.4. The minimum absolute atomic E-state index is 0.148. The number of fused-ring (bicyclic) bond motifs is 1. The molecule has 1 N–H and O–H groups in total. The summed E-state index contributed by atoms with van der Waals surface area (Å²) in [5, 5.41) is 11.0. The Labute approximate surface area is 213 Å². The monoisotopic (exact) mass is 522 g/mol. The Morgan fingerprint density at radius 2 is 1.95 bits per heavy atom. The summed E-state index contributed by atoms with van der Waals surface area (Å²) in [6, 6.07) is 5.39. The number of hydrogen-bond donors (Lipinski definition) is 1. The molecule has 0 spiro atoms. The Morgan fingerprint density at radius 3 is 2.68 bits per heavy atom. The maximum absolute atomic E-state index is 13.4. The quantitative estimate of drug-likeness (QED) is 0.386. The zero-order valence-electron chi connectivity index (χ0n) is 20.0. The molecule has 5 aromatic heterocycles. The molecular formula is C24H21F3N10O. The topological polar surface area (TPSA) is 113 Å². The summed E-state index contributed by atoms with van der Waals surface area (Å²) in [5.74, 6) is 0.672. The lowest BCUT2D eigenvalue weighted by atomic mass is 10.1. The minimum Gasteiger partial charge on any atom is -0.352 e. The molecule has 1 aliphatic rings. The van der Waals surface area contributed by atoms with Crippen LogP contribution in [0.2, 0.25) is 0 Å². The molecule has 1 aliphatic heterocycles. The molecule has 11 nitrogen and oxygen atoms in total. The van der Waals surface area contributed by atoms with Crippen LogP contribution in [0, 0.1) is 0 Å². The van der Waals surface area contributed by atoms with E-state index in [1.807, 2.05) is 4.90 Å². The van der Waals surface area contributed by atoms with Gasteiger partial charge in [-0.2, -0.15) is 23.4 Å². The van der Waals surface area contributed by atoms with E-state index >= 15 is 0 Å². The number of anilines is 1. The maximum Gasteiger partial charge on any atom is 0.417 e. The van der Waals surface area contributed by atoms with Crippen molar-refractivity contribution < 1.29 is 18.0 Å². The third kappa shape index (κ3) is 4.13. The van der Waals surface area contributed by atoms with Crippen LogP contribution in [-0.2, 0) is 13.2 Å². The summed E-state index contributed by atoms with van der Waals surface area (Å²) in [6.45, 7) is 1.31. The number of carbonyl (C=O) groups is 1. The standard InChI is InChI=1S/C24H21F3N10O/c1-34-17(4-7-32-34)23(38)36-9-8-35(14-19(36)15-10-30-31-11-15)21-5-6-28-22(33-21)18-12-29-20-3-2-16(13-37(18)20)24(25,26)27/h2-7,10-13,19H,8-9,14H2,1H3,(H,30,31). The van der Waals surface area contributed by atoms with Gasteiger partial charge in [-0.1, -0.05) is 0 Å². The third-order valence-corrected chi connectivity index (χ3v) is 6.61. The highest BCUT2D eigenvalue weighted by atomic mass is 19.4. The zero-order chi connectivity index (χ0) is 26.4. The Morgan fingerprint density at radius 1 is 1.08 bits per heavy atom. The van der Waals surface area contributed by atoms with Gasteiger partial charge in [-0.3, -0.25) is 19.0 Å². The van der Waals surface area contributed by atoms with Crippen LogP contribution >= 0.6 is 0 Å². The smallest absolute Gasteiger partial charge is 0.352 e. The first-order chi connectivity index (χ1) is 18.3. The molecule has 1 atom stereocenters. The SMILES string of the molecule is Cn1nccc1C(=O)N1CCN(c2ccnc(-c3cnc4ccc(C(F)(F)F)cn34)n2)CC1c1cn[nH]c1. The zero-order valence-corrected chi connectivity index (χ0v) is 20.0. The first kappa shape index (κ1) is 23.6. The van der Waals surface area contributed by atoms with Crippen LogP contribution in [0.15, 0.2) is 61.4 Å². The van der Waals surface area contributed by atoms with Gasteiger partial charge in [-0.15, -0.1) is 0 Å². The van der Waals surface area contributed by atoms with Crippen molar-refractivity contribution >= 4 is 17.4 Å². The molecule has 1 unspecified atom stereocenters. The molecule has 1 saturated heterocycles. The van der Waals surface area contributed by atoms with Crippen molar-refractivity contribution in [3.05, 3.63) is 78.3 Å². The lowest BCUT2D eigenvalue weighted by molar-refractivity contribution is -0.137. The number of halogens is 3. The Balaban J connectivity index is 1.32. The van der Waals surface area contributed by atoms with E-state index in [0.29, 0.717) is 42.5 Å². The lowest BCUT2D eigenvalue weighted by Gasteiger charge is -2.41. The number of hydrogen-bond acceptors (Lipinski definition) is 7. The highest BCUT2D eigenvalue weighted by Crippen LogP contribution is 2.32. The number of nitrogens with zero attached hydrogens (tertiary/aromatic N) is 9. The van der Waals surface area contributed by atoms with Gasteiger partial charge >= 0.3 is 6.18 Å². The number of aromatic amines is 1. The summed E-state index contributed by atoms with van der Waals surface area (Å²) in [4.78, 5) is 30.3. The molecule has 14 heteroatoms. The molecule has 0 radical (unpaired) electrons. The van der Waals surface area contributed by atoms with E-state index in [1.165, 1.54) is 21.3 Å². The van der Waals surface area contributed by atoms with Crippen LogP contribution < -0.4 is 4.90 Å². The van der Waals surface area contributed by atoms with Gasteiger partial charge in [0.05, 0.1) is 24.0 Å². The molecular weight excluding hydrogens is 501 g/mol. The van der Waals surface area contributed by atoms with Gasteiger partial charge in [0.1, 0.15) is 22.9 Å². The summed E-state index contributed by atoms with van der Waals surface area (Å²) in [6.07, 6.45) is 4.52. The van der Waals surface area contributed by atoms with Gasteiger partial charge in [-0.25, -0.2) is 15.0 Å². The van der Waals surface area contributed by atoms with Crippen molar-refractivity contribution in [3.63, 3.8) is 0 Å². The molecule has 0 bridgehead atoms. The molecule has 1 fully saturated rings. The Kier molecular flexibility index (Phi) is 5.58. The number of piperazine rings is 1. The Hall–Kier alpha value is -4.75. The van der Waals surface area contributed by atoms with Gasteiger partial charge < -0.3 is 9.80 Å². The van der Waals surface area contributed by atoms with E-state index in [1.54, 1.807) is 48.9 Å². The molecule has 0 aromatic carbocycles. The summed E-state index contributed by atoms with van der Waals surface area (Å²) >= 11 is 0. The number of carbonyl (C=O) groups excluding carboxylic acids is 1. The first-order valence-corrected chi connectivity index (χ1v) is 11.7. The van der Waals surface area contributed by atoms with Crippen LogP contribution in [0.1, 0.15) is 27.7 Å². The summed E-state index contributed by atoms with van der Waals surface area (Å²) in [7, 11) is 1.72. The van der Waals surface area contributed by atoms with Crippen LogP contribution in [0.5, 0.6) is 0 Å². The number of rotatable bonds is 4. The van der Waals surface area contributed by atoms with Crippen molar-refractivity contribution in [1.29, 1.82) is 0 Å². The molecule has 0 aliphatic carbocycles. The minimum atomic E-state index is -4.49. The highest BCUT2D eigenvalue weighted by molar-refractivity contribution is 5.93. The fourth-order valence-corrected chi connectivity index (χ4v) is 4.66. The van der Waals surface area contributed by atoms with E-state index in [9.17, 15) is 18.0 Å². The first-order valence-electron chi connectivity index (χ1n) is 11.7. The van der Waals surface area contributed by atoms with E-state index in [-0.39, 0.29) is 17.8 Å². The molecule has 5 aromatic rings. The fourth-order valence-electron chi connectivity index (χ4n) is 4.66. The van der Waals surface area contributed by atoms with Crippen LogP contribution in [-0.4, -0.2) is 69.8 Å². The number of amides is 1. The summed E-state index contributed by atoms with van der Waals surface area (Å²) < 4.78 is 42.8. The molecule has 1 amide bonds. The van der Waals surface area contributed by atoms with E-state index < -0.39 is 11.7 Å². The number of H-pyrrole nitrogens is 1. The van der Waals surface area contributed by atoms with Crippen LogP contribution in [0.4, 0.5) is 19.0 Å². The second-order valence-electron chi connectivity index (χ2n) is 8.86. The average molecular weight is 522 g/mol. The number of alkyl halides is 3. The van der Waals surface area contributed by atoms with Gasteiger partial charge in [0.15, 0.2) is 5.82 Å². The number of nitrogens with one attached hydrogen (secondary N) is 1. The van der Waals surface area contributed by atoms with Crippen LogP contribution in [0.25, 0.3) is 17.2 Å². The van der Waals surface area contributed by atoms with Gasteiger partial charge in [0, 0.05) is 57.0 Å². The van der Waals surface area contributed by atoms with E-state index in [4.69, 9.17) is 0 Å². The van der Waals surface area contributed by atoms with Crippen molar-refractivity contribution in [2.24, 2.45) is 7.05 Å². The number of aryl methyl sites for hydroxylation is 1. The third-order valence-electron chi connectivity index (χ3n) is 6.61. The maximum atomic E-state index is 13.4. The lowest BCUT2D eigenvalue weighted by Crippen LogP contribution is -2.51. The molecule has 0 saturated carbocycles. The van der Waals surface area contributed by atoms with E-state index in [2.05, 4.69) is 30.2 Å². The molecule has 6 heterocycles. The predicted molar refractivity (Wildman–Crippen MR) is 129 cm³/mol. The largest absolute Gasteiger partial charge is 0.417 e. The predicted octanol–water partition coefficient (Wildman–Crippen LogP) is 2.97.